The van der Waals surface area contributed by atoms with Gasteiger partial charge in [0.05, 0.1) is 18.1 Å². The number of non-ortho nitro benzene ring substituents is 1. The van der Waals surface area contributed by atoms with Gasteiger partial charge >= 0.3 is 0 Å². The Morgan fingerprint density at radius 3 is 2.48 bits per heavy atom. The van der Waals surface area contributed by atoms with Crippen molar-refractivity contribution in [2.24, 2.45) is 10.9 Å². The van der Waals surface area contributed by atoms with Crippen molar-refractivity contribution in [3.8, 4) is 0 Å². The first kappa shape index (κ1) is 23.6. The lowest BCUT2D eigenvalue weighted by Crippen LogP contribution is -2.39. The molecule has 7 nitrogen and oxygen atoms in total. The van der Waals surface area contributed by atoms with Crippen LogP contribution in [0.1, 0.15) is 32.8 Å². The SMILES string of the molecule is CCNC(=NCc1ccc([N+](=O)[O-])cc1)NCCOCCC(C)C.I. The molecule has 0 heterocycles. The highest BCUT2D eigenvalue weighted by atomic mass is 127. The molecule has 0 saturated heterocycles. The molecule has 0 amide bonds. The molecule has 1 aromatic rings. The quantitative estimate of drug-likeness (QED) is 0.139. The first-order valence-corrected chi connectivity index (χ1v) is 8.36. The van der Waals surface area contributed by atoms with E-state index in [2.05, 4.69) is 29.5 Å². The van der Waals surface area contributed by atoms with Crippen LogP contribution in [0.5, 0.6) is 0 Å². The minimum Gasteiger partial charge on any atom is -0.380 e. The van der Waals surface area contributed by atoms with Gasteiger partial charge in [0.1, 0.15) is 0 Å². The molecule has 0 radical (unpaired) electrons. The second-order valence-electron chi connectivity index (χ2n) is 5.84. The number of hydrogen-bond donors (Lipinski definition) is 2. The summed E-state index contributed by atoms with van der Waals surface area (Å²) in [6.45, 7) is 9.67. The van der Waals surface area contributed by atoms with Gasteiger partial charge in [0.15, 0.2) is 5.96 Å². The van der Waals surface area contributed by atoms with Crippen LogP contribution in [0.3, 0.4) is 0 Å². The van der Waals surface area contributed by atoms with Crippen molar-refractivity contribution in [1.29, 1.82) is 0 Å². The zero-order valence-corrected chi connectivity index (χ0v) is 17.5. The van der Waals surface area contributed by atoms with Crippen LogP contribution >= 0.6 is 24.0 Å². The van der Waals surface area contributed by atoms with Gasteiger partial charge in [0, 0.05) is 31.8 Å². The van der Waals surface area contributed by atoms with Gasteiger partial charge < -0.3 is 15.4 Å². The van der Waals surface area contributed by atoms with Crippen LogP contribution in [0.4, 0.5) is 5.69 Å². The van der Waals surface area contributed by atoms with Crippen molar-refractivity contribution < 1.29 is 9.66 Å². The average Bonchev–Trinajstić information content (AvgIpc) is 2.55. The molecule has 0 spiro atoms. The molecule has 0 aliphatic carbocycles. The molecule has 0 atom stereocenters. The van der Waals surface area contributed by atoms with Crippen molar-refractivity contribution in [3.63, 3.8) is 0 Å². The van der Waals surface area contributed by atoms with Gasteiger partial charge in [-0.2, -0.15) is 0 Å². The van der Waals surface area contributed by atoms with E-state index in [4.69, 9.17) is 4.74 Å². The second-order valence-corrected chi connectivity index (χ2v) is 5.84. The maximum atomic E-state index is 10.6. The highest BCUT2D eigenvalue weighted by molar-refractivity contribution is 14.0. The predicted octanol–water partition coefficient (Wildman–Crippen LogP) is 3.33. The lowest BCUT2D eigenvalue weighted by Gasteiger charge is -2.12. The van der Waals surface area contributed by atoms with Crippen LogP contribution < -0.4 is 10.6 Å². The number of nitrogens with zero attached hydrogens (tertiary/aromatic N) is 2. The van der Waals surface area contributed by atoms with Crippen molar-refractivity contribution in [1.82, 2.24) is 10.6 Å². The number of nitrogens with one attached hydrogen (secondary N) is 2. The molecule has 1 rings (SSSR count). The number of ether oxygens (including phenoxy) is 1. The van der Waals surface area contributed by atoms with Crippen LogP contribution in [0.25, 0.3) is 0 Å². The molecule has 25 heavy (non-hydrogen) atoms. The highest BCUT2D eigenvalue weighted by Gasteiger charge is 2.04. The van der Waals surface area contributed by atoms with E-state index in [0.29, 0.717) is 31.6 Å². The molecule has 0 aliphatic rings. The number of halogens is 1. The summed E-state index contributed by atoms with van der Waals surface area (Å²) in [6, 6.07) is 6.43. The van der Waals surface area contributed by atoms with Crippen molar-refractivity contribution >= 4 is 35.6 Å². The van der Waals surface area contributed by atoms with Crippen molar-refractivity contribution in [3.05, 3.63) is 39.9 Å². The molecule has 8 heteroatoms. The summed E-state index contributed by atoms with van der Waals surface area (Å²) in [5.41, 5.74) is 1.01. The highest BCUT2D eigenvalue weighted by Crippen LogP contribution is 2.12. The van der Waals surface area contributed by atoms with E-state index in [0.717, 1.165) is 25.1 Å². The third-order valence-electron chi connectivity index (χ3n) is 3.29. The van der Waals surface area contributed by atoms with Gasteiger partial charge in [-0.15, -0.1) is 24.0 Å². The molecule has 1 aromatic carbocycles. The molecule has 0 saturated carbocycles. The van der Waals surface area contributed by atoms with E-state index in [9.17, 15) is 10.1 Å². The van der Waals surface area contributed by atoms with Crippen molar-refractivity contribution in [2.45, 2.75) is 33.7 Å². The molecule has 0 bridgehead atoms. The topological polar surface area (TPSA) is 88.8 Å². The summed E-state index contributed by atoms with van der Waals surface area (Å²) >= 11 is 0. The first-order chi connectivity index (χ1) is 11.5. The Hall–Kier alpha value is -1.42. The summed E-state index contributed by atoms with van der Waals surface area (Å²) in [4.78, 5) is 14.7. The monoisotopic (exact) mass is 464 g/mol. The van der Waals surface area contributed by atoms with Crippen LogP contribution in [-0.2, 0) is 11.3 Å². The molecular formula is C17H29IN4O3. The van der Waals surface area contributed by atoms with Crippen LogP contribution in [0.15, 0.2) is 29.3 Å². The minimum atomic E-state index is -0.405. The number of nitro groups is 1. The van der Waals surface area contributed by atoms with E-state index < -0.39 is 4.92 Å². The van der Waals surface area contributed by atoms with E-state index in [1.807, 2.05) is 6.92 Å². The van der Waals surface area contributed by atoms with Gasteiger partial charge in [-0.3, -0.25) is 10.1 Å². The van der Waals surface area contributed by atoms with Crippen molar-refractivity contribution in [2.75, 3.05) is 26.3 Å². The predicted molar refractivity (Wildman–Crippen MR) is 112 cm³/mol. The second kappa shape index (κ2) is 13.8. The fourth-order valence-corrected chi connectivity index (χ4v) is 1.90. The molecule has 142 valence electrons. The van der Waals surface area contributed by atoms with Crippen LogP contribution in [-0.4, -0.2) is 37.2 Å². The molecule has 0 fully saturated rings. The standard InChI is InChI=1S/C17H28N4O3.HI/c1-4-18-17(19-10-12-24-11-9-14(2)3)20-13-15-5-7-16(8-6-15)21(22)23;/h5-8,14H,4,9-13H2,1-3H3,(H2,18,19,20);1H. The fraction of sp³-hybridized carbons (Fsp3) is 0.588. The lowest BCUT2D eigenvalue weighted by atomic mass is 10.1. The van der Waals surface area contributed by atoms with Crippen LogP contribution in [0.2, 0.25) is 0 Å². The smallest absolute Gasteiger partial charge is 0.269 e. The van der Waals surface area contributed by atoms with Gasteiger partial charge in [0.25, 0.3) is 5.69 Å². The first-order valence-electron chi connectivity index (χ1n) is 8.36. The molecular weight excluding hydrogens is 435 g/mol. The number of benzene rings is 1. The molecule has 2 N–H and O–H groups in total. The minimum absolute atomic E-state index is 0. The average molecular weight is 464 g/mol. The molecule has 0 aromatic heterocycles. The van der Waals surface area contributed by atoms with E-state index in [-0.39, 0.29) is 29.7 Å². The zero-order chi connectivity index (χ0) is 17.8. The maximum Gasteiger partial charge on any atom is 0.269 e. The number of aliphatic imine (C=N–C) groups is 1. The Morgan fingerprint density at radius 2 is 1.92 bits per heavy atom. The number of rotatable bonds is 10. The van der Waals surface area contributed by atoms with Gasteiger partial charge in [-0.25, -0.2) is 4.99 Å². The Bertz CT molecular complexity index is 521. The summed E-state index contributed by atoms with van der Waals surface area (Å²) in [6.07, 6.45) is 1.06. The van der Waals surface area contributed by atoms with E-state index >= 15 is 0 Å². The Morgan fingerprint density at radius 1 is 1.24 bits per heavy atom. The fourth-order valence-electron chi connectivity index (χ4n) is 1.90. The van der Waals surface area contributed by atoms with E-state index in [1.165, 1.54) is 12.1 Å². The Balaban J connectivity index is 0.00000576. The molecule has 0 unspecified atom stereocenters. The van der Waals surface area contributed by atoms with Gasteiger partial charge in [-0.05, 0) is 24.8 Å². The largest absolute Gasteiger partial charge is 0.380 e. The normalized spacial score (nSPS) is 11.1. The Kier molecular flexibility index (Phi) is 13.0. The van der Waals surface area contributed by atoms with E-state index in [1.54, 1.807) is 12.1 Å². The number of hydrogen-bond acceptors (Lipinski definition) is 4. The summed E-state index contributed by atoms with van der Waals surface area (Å²) in [5, 5.41) is 17.0. The van der Waals surface area contributed by atoms with Gasteiger partial charge in [0.2, 0.25) is 0 Å². The third-order valence-corrected chi connectivity index (χ3v) is 3.29. The zero-order valence-electron chi connectivity index (χ0n) is 15.2. The number of guanidine groups is 1. The summed E-state index contributed by atoms with van der Waals surface area (Å²) < 4.78 is 5.56. The maximum absolute atomic E-state index is 10.6. The Labute approximate surface area is 166 Å². The van der Waals surface area contributed by atoms with Crippen LogP contribution in [0, 0.1) is 16.0 Å². The number of nitro benzene ring substituents is 1. The summed E-state index contributed by atoms with van der Waals surface area (Å²) in [5.74, 6) is 1.36. The third kappa shape index (κ3) is 10.9. The van der Waals surface area contributed by atoms with Gasteiger partial charge in [-0.1, -0.05) is 26.0 Å². The molecule has 0 aliphatic heterocycles. The summed E-state index contributed by atoms with van der Waals surface area (Å²) in [7, 11) is 0. The lowest BCUT2D eigenvalue weighted by molar-refractivity contribution is -0.384.